The lowest BCUT2D eigenvalue weighted by Crippen LogP contribution is -2.14. The molecule has 1 atom stereocenters. The maximum absolute atomic E-state index is 5.45. The van der Waals surface area contributed by atoms with Crippen LogP contribution < -0.4 is 0 Å². The van der Waals surface area contributed by atoms with Gasteiger partial charge in [0.05, 0.1) is 18.5 Å². The fraction of sp³-hybridized carbons (Fsp3) is 0.455. The molecule has 1 nitrogen and oxygen atoms in total. The Bertz CT molecular complexity index is 262. The zero-order valence-electron chi connectivity index (χ0n) is 7.82. The smallest absolute Gasteiger partial charge is 0.0626 e. The summed E-state index contributed by atoms with van der Waals surface area (Å²) in [4.78, 5) is 0. The van der Waals surface area contributed by atoms with Gasteiger partial charge in [0.2, 0.25) is 0 Å². The van der Waals surface area contributed by atoms with Crippen molar-refractivity contribution in [3.8, 4) is 0 Å². The number of benzene rings is 1. The number of hydrogen-bond acceptors (Lipinski definition) is 2. The van der Waals surface area contributed by atoms with Gasteiger partial charge >= 0.3 is 0 Å². The Balaban J connectivity index is 2.10. The molecule has 0 spiro atoms. The molecular weight excluding hydrogens is 180 g/mol. The summed E-state index contributed by atoms with van der Waals surface area (Å²) in [6.45, 7) is 3.90. The first-order valence-electron chi connectivity index (χ1n) is 4.62. The highest BCUT2D eigenvalue weighted by Gasteiger charge is 2.15. The van der Waals surface area contributed by atoms with Crippen LogP contribution in [-0.2, 0) is 4.74 Å². The van der Waals surface area contributed by atoms with Gasteiger partial charge in [-0.05, 0) is 12.5 Å². The lowest BCUT2D eigenvalue weighted by Gasteiger charge is -2.21. The van der Waals surface area contributed by atoms with Crippen molar-refractivity contribution in [1.82, 2.24) is 0 Å². The van der Waals surface area contributed by atoms with Gasteiger partial charge < -0.3 is 4.74 Å². The summed E-state index contributed by atoms with van der Waals surface area (Å²) in [5, 5.41) is 0.550. The van der Waals surface area contributed by atoms with Crippen molar-refractivity contribution in [3.05, 3.63) is 35.4 Å². The standard InChI is InChI=1S/C11H14OS/c1-9-2-4-10(5-3-9)11-8-12-6-7-13-11/h2-5,11H,6-8H2,1H3. The Morgan fingerprint density at radius 2 is 2.08 bits per heavy atom. The van der Waals surface area contributed by atoms with Crippen molar-refractivity contribution in [3.63, 3.8) is 0 Å². The molecule has 0 N–H and O–H groups in total. The fourth-order valence-electron chi connectivity index (χ4n) is 1.46. The second kappa shape index (κ2) is 4.16. The summed E-state index contributed by atoms with van der Waals surface area (Å²) in [5.41, 5.74) is 2.72. The van der Waals surface area contributed by atoms with E-state index in [0.717, 1.165) is 19.0 Å². The molecule has 0 bridgehead atoms. The lowest BCUT2D eigenvalue weighted by molar-refractivity contribution is 0.143. The lowest BCUT2D eigenvalue weighted by atomic mass is 10.1. The second-order valence-electron chi connectivity index (χ2n) is 3.35. The van der Waals surface area contributed by atoms with Crippen molar-refractivity contribution in [2.75, 3.05) is 19.0 Å². The largest absolute Gasteiger partial charge is 0.379 e. The molecule has 0 aliphatic carbocycles. The van der Waals surface area contributed by atoms with Gasteiger partial charge in [-0.15, -0.1) is 11.8 Å². The molecule has 1 aliphatic rings. The van der Waals surface area contributed by atoms with Crippen molar-refractivity contribution in [2.24, 2.45) is 0 Å². The van der Waals surface area contributed by atoms with E-state index in [0.29, 0.717) is 5.25 Å². The molecule has 1 heterocycles. The van der Waals surface area contributed by atoms with Gasteiger partial charge in [-0.2, -0.15) is 0 Å². The van der Waals surface area contributed by atoms with E-state index in [9.17, 15) is 0 Å². The highest BCUT2D eigenvalue weighted by Crippen LogP contribution is 2.31. The highest BCUT2D eigenvalue weighted by molar-refractivity contribution is 7.99. The highest BCUT2D eigenvalue weighted by atomic mass is 32.2. The summed E-state index contributed by atoms with van der Waals surface area (Å²) in [7, 11) is 0. The Hall–Kier alpha value is -0.470. The number of ether oxygens (including phenoxy) is 1. The number of rotatable bonds is 1. The second-order valence-corrected chi connectivity index (χ2v) is 4.66. The molecule has 0 saturated carbocycles. The van der Waals surface area contributed by atoms with Crippen LogP contribution in [0.5, 0.6) is 0 Å². The molecule has 0 radical (unpaired) electrons. The van der Waals surface area contributed by atoms with Crippen LogP contribution in [0.2, 0.25) is 0 Å². The molecule has 1 aromatic carbocycles. The first-order chi connectivity index (χ1) is 6.36. The molecule has 13 heavy (non-hydrogen) atoms. The Morgan fingerprint density at radius 1 is 1.31 bits per heavy atom. The van der Waals surface area contributed by atoms with Crippen LogP contribution in [0.1, 0.15) is 16.4 Å². The monoisotopic (exact) mass is 194 g/mol. The zero-order valence-corrected chi connectivity index (χ0v) is 8.64. The van der Waals surface area contributed by atoms with Crippen LogP contribution in [0.25, 0.3) is 0 Å². The van der Waals surface area contributed by atoms with Gasteiger partial charge in [-0.25, -0.2) is 0 Å². The SMILES string of the molecule is Cc1ccc(C2COCCS2)cc1. The minimum Gasteiger partial charge on any atom is -0.379 e. The third-order valence-electron chi connectivity index (χ3n) is 2.27. The zero-order chi connectivity index (χ0) is 9.10. The minimum absolute atomic E-state index is 0.550. The summed E-state index contributed by atoms with van der Waals surface area (Å²) in [6, 6.07) is 8.76. The first-order valence-corrected chi connectivity index (χ1v) is 5.67. The summed E-state index contributed by atoms with van der Waals surface area (Å²) < 4.78 is 5.45. The van der Waals surface area contributed by atoms with E-state index < -0.39 is 0 Å². The van der Waals surface area contributed by atoms with E-state index in [1.807, 2.05) is 11.8 Å². The van der Waals surface area contributed by atoms with Crippen LogP contribution >= 0.6 is 11.8 Å². The maximum Gasteiger partial charge on any atom is 0.0626 e. The molecule has 2 rings (SSSR count). The molecule has 0 aromatic heterocycles. The minimum atomic E-state index is 0.550. The van der Waals surface area contributed by atoms with Crippen LogP contribution in [0.3, 0.4) is 0 Å². The van der Waals surface area contributed by atoms with Crippen LogP contribution in [0, 0.1) is 6.92 Å². The summed E-state index contributed by atoms with van der Waals surface area (Å²) >= 11 is 2.00. The van der Waals surface area contributed by atoms with Crippen molar-refractivity contribution >= 4 is 11.8 Å². The van der Waals surface area contributed by atoms with E-state index in [4.69, 9.17) is 4.74 Å². The molecule has 1 aliphatic heterocycles. The van der Waals surface area contributed by atoms with Gasteiger partial charge in [0.15, 0.2) is 0 Å². The predicted octanol–water partition coefficient (Wildman–Crippen LogP) is 2.80. The van der Waals surface area contributed by atoms with E-state index >= 15 is 0 Å². The van der Waals surface area contributed by atoms with Crippen LogP contribution in [0.4, 0.5) is 0 Å². The van der Waals surface area contributed by atoms with Crippen molar-refractivity contribution in [2.45, 2.75) is 12.2 Å². The normalized spacial score (nSPS) is 23.0. The molecule has 1 aromatic rings. The van der Waals surface area contributed by atoms with Crippen molar-refractivity contribution < 1.29 is 4.74 Å². The van der Waals surface area contributed by atoms with E-state index in [-0.39, 0.29) is 0 Å². The average molecular weight is 194 g/mol. The molecule has 1 saturated heterocycles. The third kappa shape index (κ3) is 2.26. The van der Waals surface area contributed by atoms with E-state index in [2.05, 4.69) is 31.2 Å². The third-order valence-corrected chi connectivity index (χ3v) is 3.48. The molecule has 1 fully saturated rings. The van der Waals surface area contributed by atoms with Crippen molar-refractivity contribution in [1.29, 1.82) is 0 Å². The maximum atomic E-state index is 5.45. The molecule has 0 amide bonds. The number of aryl methyl sites for hydroxylation is 1. The fourth-order valence-corrected chi connectivity index (χ4v) is 2.50. The van der Waals surface area contributed by atoms with Crippen LogP contribution in [-0.4, -0.2) is 19.0 Å². The van der Waals surface area contributed by atoms with Crippen LogP contribution in [0.15, 0.2) is 24.3 Å². The summed E-state index contributed by atoms with van der Waals surface area (Å²) in [5.74, 6) is 1.12. The van der Waals surface area contributed by atoms with E-state index in [1.54, 1.807) is 0 Å². The molecular formula is C11H14OS. The van der Waals surface area contributed by atoms with Gasteiger partial charge in [-0.3, -0.25) is 0 Å². The van der Waals surface area contributed by atoms with Gasteiger partial charge in [0.1, 0.15) is 0 Å². The Labute approximate surface area is 83.5 Å². The summed E-state index contributed by atoms with van der Waals surface area (Å²) in [6.07, 6.45) is 0. The Morgan fingerprint density at radius 3 is 2.69 bits per heavy atom. The number of thioether (sulfide) groups is 1. The Kier molecular flexibility index (Phi) is 2.91. The molecule has 1 unspecified atom stereocenters. The number of hydrogen-bond donors (Lipinski definition) is 0. The average Bonchev–Trinajstić information content (AvgIpc) is 2.20. The topological polar surface area (TPSA) is 9.23 Å². The quantitative estimate of drug-likeness (QED) is 0.680. The molecule has 70 valence electrons. The molecule has 2 heteroatoms. The van der Waals surface area contributed by atoms with Gasteiger partial charge in [0.25, 0.3) is 0 Å². The first kappa shape index (κ1) is 9.10. The van der Waals surface area contributed by atoms with Gasteiger partial charge in [0, 0.05) is 5.75 Å². The van der Waals surface area contributed by atoms with Gasteiger partial charge in [-0.1, -0.05) is 29.8 Å². The van der Waals surface area contributed by atoms with E-state index in [1.165, 1.54) is 11.1 Å². The predicted molar refractivity (Wildman–Crippen MR) is 57.2 cm³/mol.